The number of nitrogens with one attached hydrogen (secondary N) is 1. The summed E-state index contributed by atoms with van der Waals surface area (Å²) >= 11 is 0. The van der Waals surface area contributed by atoms with Gasteiger partial charge in [-0.05, 0) is 54.3 Å². The van der Waals surface area contributed by atoms with Crippen LogP contribution < -0.4 is 5.32 Å². The largest absolute Gasteiger partial charge is 0.381 e. The Bertz CT molecular complexity index is 534. The molecule has 1 N–H and O–H groups in total. The monoisotopic (exact) mass is 243 g/mol. The van der Waals surface area contributed by atoms with E-state index >= 15 is 0 Å². The summed E-state index contributed by atoms with van der Waals surface area (Å²) in [7, 11) is 0. The first kappa shape index (κ1) is 12.6. The average Bonchev–Trinajstić information content (AvgIpc) is 2.37. The van der Waals surface area contributed by atoms with Crippen molar-refractivity contribution in [1.82, 2.24) is 0 Å². The first-order valence-electron chi connectivity index (χ1n) is 6.27. The van der Waals surface area contributed by atoms with Gasteiger partial charge < -0.3 is 5.32 Å². The van der Waals surface area contributed by atoms with Gasteiger partial charge in [0.2, 0.25) is 0 Å². The van der Waals surface area contributed by atoms with Crippen molar-refractivity contribution in [3.8, 4) is 0 Å². The van der Waals surface area contributed by atoms with E-state index in [0.29, 0.717) is 6.54 Å². The van der Waals surface area contributed by atoms with Gasteiger partial charge in [0.1, 0.15) is 5.82 Å². The highest BCUT2D eigenvalue weighted by atomic mass is 19.1. The first-order chi connectivity index (χ1) is 8.69. The lowest BCUT2D eigenvalue weighted by Gasteiger charge is -2.10. The van der Waals surface area contributed by atoms with Crippen LogP contribution in [0, 0.1) is 12.7 Å². The molecular weight excluding hydrogens is 225 g/mol. The van der Waals surface area contributed by atoms with E-state index in [1.54, 1.807) is 12.1 Å². The molecule has 0 unspecified atom stereocenters. The van der Waals surface area contributed by atoms with Gasteiger partial charge in [-0.15, -0.1) is 0 Å². The second kappa shape index (κ2) is 5.67. The highest BCUT2D eigenvalue weighted by molar-refractivity contribution is 5.48. The molecule has 1 nitrogen and oxygen atoms in total. The van der Waals surface area contributed by atoms with E-state index in [4.69, 9.17) is 0 Å². The molecule has 0 aliphatic carbocycles. The summed E-state index contributed by atoms with van der Waals surface area (Å²) in [6, 6.07) is 13.0. The van der Waals surface area contributed by atoms with Gasteiger partial charge in [0.05, 0.1) is 0 Å². The van der Waals surface area contributed by atoms with Gasteiger partial charge in [-0.2, -0.15) is 0 Å². The molecule has 2 aromatic carbocycles. The molecule has 2 rings (SSSR count). The van der Waals surface area contributed by atoms with E-state index in [1.807, 2.05) is 6.07 Å². The maximum absolute atomic E-state index is 13.0. The summed E-state index contributed by atoms with van der Waals surface area (Å²) in [5.74, 6) is -0.188. The van der Waals surface area contributed by atoms with Crippen LogP contribution in [0.25, 0.3) is 0 Å². The third-order valence-corrected chi connectivity index (χ3v) is 3.11. The molecule has 0 aliphatic heterocycles. The highest BCUT2D eigenvalue weighted by Gasteiger charge is 1.99. The summed E-state index contributed by atoms with van der Waals surface area (Å²) in [6.07, 6.45) is 1.05. The SMILES string of the molecule is CCc1ccc(NCc2cccc(F)c2)cc1C. The molecule has 2 heteroatoms. The molecule has 0 saturated carbocycles. The highest BCUT2D eigenvalue weighted by Crippen LogP contribution is 2.16. The Morgan fingerprint density at radius 1 is 1.11 bits per heavy atom. The minimum Gasteiger partial charge on any atom is -0.381 e. The second-order valence-corrected chi connectivity index (χ2v) is 4.48. The van der Waals surface area contributed by atoms with Crippen LogP contribution in [0.15, 0.2) is 42.5 Å². The van der Waals surface area contributed by atoms with E-state index in [9.17, 15) is 4.39 Å². The summed E-state index contributed by atoms with van der Waals surface area (Å²) in [5, 5.41) is 3.31. The average molecular weight is 243 g/mol. The molecule has 2 aromatic rings. The van der Waals surface area contributed by atoms with Gasteiger partial charge in [0.25, 0.3) is 0 Å². The van der Waals surface area contributed by atoms with Crippen molar-refractivity contribution in [3.63, 3.8) is 0 Å². The molecule has 0 heterocycles. The fourth-order valence-electron chi connectivity index (χ4n) is 2.05. The molecule has 94 valence electrons. The van der Waals surface area contributed by atoms with Crippen LogP contribution in [0.2, 0.25) is 0 Å². The summed E-state index contributed by atoms with van der Waals surface area (Å²) in [4.78, 5) is 0. The van der Waals surface area contributed by atoms with Crippen molar-refractivity contribution >= 4 is 5.69 Å². The third kappa shape index (κ3) is 3.10. The zero-order valence-corrected chi connectivity index (χ0v) is 10.8. The van der Waals surface area contributed by atoms with Crippen molar-refractivity contribution < 1.29 is 4.39 Å². The number of aryl methyl sites for hydroxylation is 2. The fourth-order valence-corrected chi connectivity index (χ4v) is 2.05. The van der Waals surface area contributed by atoms with E-state index < -0.39 is 0 Å². The quantitative estimate of drug-likeness (QED) is 0.843. The maximum Gasteiger partial charge on any atom is 0.123 e. The predicted molar refractivity (Wildman–Crippen MR) is 74.3 cm³/mol. The number of hydrogen-bond acceptors (Lipinski definition) is 1. The van der Waals surface area contributed by atoms with Gasteiger partial charge in [-0.25, -0.2) is 4.39 Å². The van der Waals surface area contributed by atoms with Gasteiger partial charge in [0.15, 0.2) is 0 Å². The Labute approximate surface area is 108 Å². The molecule has 0 amide bonds. The maximum atomic E-state index is 13.0. The Kier molecular flexibility index (Phi) is 3.98. The van der Waals surface area contributed by atoms with E-state index in [-0.39, 0.29) is 5.82 Å². The van der Waals surface area contributed by atoms with E-state index in [0.717, 1.165) is 17.7 Å². The molecule has 18 heavy (non-hydrogen) atoms. The summed E-state index contributed by atoms with van der Waals surface area (Å²) in [6.45, 7) is 4.91. The van der Waals surface area contributed by atoms with Crippen molar-refractivity contribution in [2.45, 2.75) is 26.8 Å². The summed E-state index contributed by atoms with van der Waals surface area (Å²) in [5.41, 5.74) is 4.69. The van der Waals surface area contributed by atoms with Crippen molar-refractivity contribution in [2.24, 2.45) is 0 Å². The molecule has 0 spiro atoms. The first-order valence-corrected chi connectivity index (χ1v) is 6.27. The van der Waals surface area contributed by atoms with Crippen LogP contribution in [0.1, 0.15) is 23.6 Å². The normalized spacial score (nSPS) is 10.4. The van der Waals surface area contributed by atoms with Crippen molar-refractivity contribution in [2.75, 3.05) is 5.32 Å². The number of anilines is 1. The second-order valence-electron chi connectivity index (χ2n) is 4.48. The number of hydrogen-bond donors (Lipinski definition) is 1. The number of halogens is 1. The van der Waals surface area contributed by atoms with Crippen LogP contribution in [0.5, 0.6) is 0 Å². The van der Waals surface area contributed by atoms with Crippen molar-refractivity contribution in [1.29, 1.82) is 0 Å². The van der Waals surface area contributed by atoms with Gasteiger partial charge in [-0.3, -0.25) is 0 Å². The zero-order valence-electron chi connectivity index (χ0n) is 10.8. The lowest BCUT2D eigenvalue weighted by molar-refractivity contribution is 0.626. The Hall–Kier alpha value is -1.83. The van der Waals surface area contributed by atoms with E-state index in [1.165, 1.54) is 17.2 Å². The molecule has 0 aliphatic rings. The molecule has 0 fully saturated rings. The zero-order chi connectivity index (χ0) is 13.0. The number of benzene rings is 2. The summed E-state index contributed by atoms with van der Waals surface area (Å²) < 4.78 is 13.0. The lowest BCUT2D eigenvalue weighted by Crippen LogP contribution is -2.00. The van der Waals surface area contributed by atoms with Crippen LogP contribution in [0.3, 0.4) is 0 Å². The smallest absolute Gasteiger partial charge is 0.123 e. The molecule has 0 bridgehead atoms. The third-order valence-electron chi connectivity index (χ3n) is 3.11. The topological polar surface area (TPSA) is 12.0 Å². The molecule has 0 atom stereocenters. The standard InChI is InChI=1S/C16H18FN/c1-3-14-7-8-16(9-12(14)2)18-11-13-5-4-6-15(17)10-13/h4-10,18H,3,11H2,1-2H3. The van der Waals surface area contributed by atoms with Crippen LogP contribution in [-0.4, -0.2) is 0 Å². The molecule has 0 saturated heterocycles. The minimum absolute atomic E-state index is 0.188. The van der Waals surface area contributed by atoms with Crippen molar-refractivity contribution in [3.05, 3.63) is 65.0 Å². The molecule has 0 aromatic heterocycles. The Balaban J connectivity index is 2.04. The molecule has 0 radical (unpaired) electrons. The number of rotatable bonds is 4. The van der Waals surface area contributed by atoms with Gasteiger partial charge in [-0.1, -0.05) is 25.1 Å². The van der Waals surface area contributed by atoms with Crippen LogP contribution in [0.4, 0.5) is 10.1 Å². The fraction of sp³-hybridized carbons (Fsp3) is 0.250. The van der Waals surface area contributed by atoms with Crippen LogP contribution in [-0.2, 0) is 13.0 Å². The van der Waals surface area contributed by atoms with E-state index in [2.05, 4.69) is 37.4 Å². The Morgan fingerprint density at radius 2 is 1.94 bits per heavy atom. The predicted octanol–water partition coefficient (Wildman–Crippen LogP) is 4.31. The lowest BCUT2D eigenvalue weighted by atomic mass is 10.1. The van der Waals surface area contributed by atoms with Gasteiger partial charge >= 0.3 is 0 Å². The minimum atomic E-state index is -0.188. The molecular formula is C16H18FN. The van der Waals surface area contributed by atoms with Gasteiger partial charge in [0, 0.05) is 12.2 Å². The Morgan fingerprint density at radius 3 is 2.61 bits per heavy atom. The van der Waals surface area contributed by atoms with Crippen LogP contribution >= 0.6 is 0 Å².